The van der Waals surface area contributed by atoms with Crippen LogP contribution < -0.4 is 15.5 Å². The van der Waals surface area contributed by atoms with Gasteiger partial charge in [-0.25, -0.2) is 9.97 Å². The van der Waals surface area contributed by atoms with E-state index in [0.717, 1.165) is 12.8 Å². The van der Waals surface area contributed by atoms with E-state index in [0.29, 0.717) is 54.5 Å². The number of rotatable bonds is 13. The van der Waals surface area contributed by atoms with Crippen LogP contribution in [0.15, 0.2) is 24.3 Å². The molecule has 40 heavy (non-hydrogen) atoms. The summed E-state index contributed by atoms with van der Waals surface area (Å²) >= 11 is 4.54. The van der Waals surface area contributed by atoms with E-state index >= 15 is 0 Å². The summed E-state index contributed by atoms with van der Waals surface area (Å²) in [6, 6.07) is 6.94. The van der Waals surface area contributed by atoms with Gasteiger partial charge in [-0.15, -0.1) is 0 Å². The summed E-state index contributed by atoms with van der Waals surface area (Å²) in [5.41, 5.74) is 0.414. The number of amides is 2. The number of benzene rings is 1. The maximum atomic E-state index is 13.0. The lowest BCUT2D eigenvalue weighted by molar-refractivity contribution is -0.167. The number of carbonyl (C=O) groups excluding carboxylic acids is 2. The fourth-order valence-corrected chi connectivity index (χ4v) is 5.08. The van der Waals surface area contributed by atoms with Crippen LogP contribution in [0.4, 0.5) is 19.0 Å². The third-order valence-corrected chi connectivity index (χ3v) is 6.49. The lowest BCUT2D eigenvalue weighted by atomic mass is 9.82. The topological polar surface area (TPSA) is 98.1 Å². The van der Waals surface area contributed by atoms with Crippen molar-refractivity contribution in [2.24, 2.45) is 5.41 Å². The molecule has 3 rings (SSSR count). The summed E-state index contributed by atoms with van der Waals surface area (Å²) < 4.78 is 40.4. The Morgan fingerprint density at radius 2 is 1.73 bits per heavy atom. The van der Waals surface area contributed by atoms with E-state index in [1.54, 1.807) is 29.0 Å². The molecular weight excluding hydrogens is 543 g/mol. The van der Waals surface area contributed by atoms with Crippen LogP contribution in [0.1, 0.15) is 72.5 Å². The Morgan fingerprint density at radius 3 is 2.38 bits per heavy atom. The number of hydrogen-bond donors (Lipinski definition) is 3. The minimum atomic E-state index is -5.07. The molecule has 0 unspecified atom stereocenters. The van der Waals surface area contributed by atoms with Crippen LogP contribution in [0, 0.1) is 5.41 Å². The molecule has 2 heterocycles. The number of carbonyl (C=O) groups is 2. The highest BCUT2D eigenvalue weighted by Gasteiger charge is 2.39. The fourth-order valence-electron chi connectivity index (χ4n) is 4.68. The van der Waals surface area contributed by atoms with Gasteiger partial charge in [-0.1, -0.05) is 59.2 Å². The van der Waals surface area contributed by atoms with E-state index in [2.05, 4.69) is 27.9 Å². The molecule has 0 atom stereocenters. The highest BCUT2D eigenvalue weighted by atomic mass is 32.1. The molecule has 0 saturated carbocycles. The Kier molecular flexibility index (Phi) is 9.97. The van der Waals surface area contributed by atoms with Crippen LogP contribution >= 0.6 is 12.6 Å². The van der Waals surface area contributed by atoms with E-state index in [1.807, 2.05) is 39.9 Å². The molecule has 220 valence electrons. The van der Waals surface area contributed by atoms with Crippen LogP contribution in [0.3, 0.4) is 0 Å². The lowest BCUT2D eigenvalue weighted by Gasteiger charge is -2.30. The summed E-state index contributed by atoms with van der Waals surface area (Å²) in [5.74, 6) is -1.90. The predicted octanol–water partition coefficient (Wildman–Crippen LogP) is 5.88. The quantitative estimate of drug-likeness (QED) is 0.173. The van der Waals surface area contributed by atoms with E-state index in [4.69, 9.17) is 4.84 Å². The molecule has 0 aliphatic heterocycles. The molecule has 8 nitrogen and oxygen atoms in total. The smallest absolute Gasteiger partial charge is 0.412 e. The molecule has 0 aliphatic carbocycles. The molecule has 0 saturated heterocycles. The number of aromatic nitrogens is 3. The van der Waals surface area contributed by atoms with Gasteiger partial charge in [-0.05, 0) is 31.7 Å². The molecule has 2 amide bonds. The molecule has 0 aliphatic rings. The van der Waals surface area contributed by atoms with Crippen molar-refractivity contribution in [1.82, 2.24) is 20.0 Å². The van der Waals surface area contributed by atoms with Gasteiger partial charge in [-0.3, -0.25) is 9.59 Å². The van der Waals surface area contributed by atoms with Gasteiger partial charge in [-0.2, -0.15) is 30.5 Å². The van der Waals surface area contributed by atoms with Gasteiger partial charge in [0.05, 0.1) is 5.52 Å². The first-order valence-electron chi connectivity index (χ1n) is 13.5. The van der Waals surface area contributed by atoms with Crippen molar-refractivity contribution in [3.05, 3.63) is 30.1 Å². The number of nitrogens with zero attached hydrogens (tertiary/aromatic N) is 3. The van der Waals surface area contributed by atoms with Crippen molar-refractivity contribution in [3.8, 4) is 0 Å². The number of pyridine rings is 1. The summed E-state index contributed by atoms with van der Waals surface area (Å²) in [7, 11) is 0. The number of unbranched alkanes of at least 4 members (excludes halogenated alkanes) is 2. The van der Waals surface area contributed by atoms with Crippen molar-refractivity contribution in [3.63, 3.8) is 0 Å². The first-order chi connectivity index (χ1) is 18.6. The minimum Gasteiger partial charge on any atom is -0.412 e. The SMILES string of the molecule is CCCCc1nc2c(NC(=O)C(F)(F)F)nc3ccccc3c2n1OCCCCNC(=O)C(C)(C)CC(C)(C)S. The zero-order valence-corrected chi connectivity index (χ0v) is 24.5. The predicted molar refractivity (Wildman–Crippen MR) is 153 cm³/mol. The number of aryl methyl sites for hydroxylation is 1. The van der Waals surface area contributed by atoms with Crippen LogP contribution in [-0.2, 0) is 16.0 Å². The Hall–Kier alpha value is -3.02. The molecule has 12 heteroatoms. The molecule has 0 bridgehead atoms. The van der Waals surface area contributed by atoms with E-state index in [1.165, 1.54) is 0 Å². The standard InChI is InChI=1S/C28H38F3N5O3S/c1-6-7-14-20-34-21-22(18-12-8-9-13-19(18)33-23(21)35-25(38)28(29,30)31)36(20)39-16-11-10-15-32-24(37)26(2,3)17-27(4,5)40/h8-9,12-13,40H,6-7,10-11,14-17H2,1-5H3,(H,32,37)(H,33,35,38). The number of alkyl halides is 3. The number of para-hydroxylation sites is 1. The van der Waals surface area contributed by atoms with Gasteiger partial charge in [0.2, 0.25) is 5.91 Å². The normalized spacial score (nSPS) is 12.6. The second kappa shape index (κ2) is 12.7. The van der Waals surface area contributed by atoms with Crippen molar-refractivity contribution >= 4 is 52.2 Å². The molecular formula is C28H38F3N5O3S. The first-order valence-corrected chi connectivity index (χ1v) is 13.9. The molecule has 1 aromatic carbocycles. The fraction of sp³-hybridized carbons (Fsp3) is 0.571. The third-order valence-electron chi connectivity index (χ3n) is 6.33. The number of nitrogens with one attached hydrogen (secondary N) is 2. The maximum absolute atomic E-state index is 13.0. The number of thiol groups is 1. The van der Waals surface area contributed by atoms with Gasteiger partial charge in [0, 0.05) is 28.5 Å². The number of fused-ring (bicyclic) bond motifs is 3. The van der Waals surface area contributed by atoms with Crippen molar-refractivity contribution in [2.75, 3.05) is 18.5 Å². The minimum absolute atomic E-state index is 0.0367. The largest absolute Gasteiger partial charge is 0.471 e. The average Bonchev–Trinajstić information content (AvgIpc) is 3.21. The molecule has 0 radical (unpaired) electrons. The van der Waals surface area contributed by atoms with Gasteiger partial charge < -0.3 is 15.5 Å². The lowest BCUT2D eigenvalue weighted by Crippen LogP contribution is -2.40. The molecule has 2 aromatic heterocycles. The number of anilines is 1. The second-order valence-corrected chi connectivity index (χ2v) is 12.4. The van der Waals surface area contributed by atoms with Crippen LogP contribution in [0.5, 0.6) is 0 Å². The second-order valence-electron chi connectivity index (χ2n) is 11.2. The van der Waals surface area contributed by atoms with Gasteiger partial charge in [0.25, 0.3) is 0 Å². The van der Waals surface area contributed by atoms with Gasteiger partial charge in [0.1, 0.15) is 23.5 Å². The number of imidazole rings is 1. The summed E-state index contributed by atoms with van der Waals surface area (Å²) in [6.45, 7) is 10.5. The molecule has 0 spiro atoms. The van der Waals surface area contributed by atoms with Crippen molar-refractivity contribution < 1.29 is 27.6 Å². The first kappa shape index (κ1) is 31.5. The monoisotopic (exact) mass is 581 g/mol. The average molecular weight is 582 g/mol. The zero-order chi connectivity index (χ0) is 29.7. The summed E-state index contributed by atoms with van der Waals surface area (Å²) in [4.78, 5) is 39.4. The van der Waals surface area contributed by atoms with Crippen LogP contribution in [0.2, 0.25) is 0 Å². The van der Waals surface area contributed by atoms with E-state index < -0.39 is 17.5 Å². The summed E-state index contributed by atoms with van der Waals surface area (Å²) in [6.07, 6.45) is -0.977. The summed E-state index contributed by atoms with van der Waals surface area (Å²) in [5, 5.41) is 5.50. The molecule has 2 N–H and O–H groups in total. The van der Waals surface area contributed by atoms with Gasteiger partial charge >= 0.3 is 12.1 Å². The van der Waals surface area contributed by atoms with Crippen molar-refractivity contribution in [2.45, 2.75) is 84.1 Å². The number of halogens is 3. The van der Waals surface area contributed by atoms with E-state index in [9.17, 15) is 22.8 Å². The highest BCUT2D eigenvalue weighted by molar-refractivity contribution is 7.81. The number of hydrogen-bond acceptors (Lipinski definition) is 6. The molecule has 3 aromatic rings. The van der Waals surface area contributed by atoms with E-state index in [-0.39, 0.29) is 28.6 Å². The molecule has 0 fully saturated rings. The Balaban J connectivity index is 1.80. The van der Waals surface area contributed by atoms with Crippen molar-refractivity contribution in [1.29, 1.82) is 0 Å². The maximum Gasteiger partial charge on any atom is 0.471 e. The Labute approximate surface area is 237 Å². The van der Waals surface area contributed by atoms with Gasteiger partial charge in [0.15, 0.2) is 5.82 Å². The Morgan fingerprint density at radius 1 is 1.02 bits per heavy atom. The zero-order valence-electron chi connectivity index (χ0n) is 23.6. The van der Waals surface area contributed by atoms with Crippen LogP contribution in [-0.4, -0.2) is 50.6 Å². The van der Waals surface area contributed by atoms with Crippen LogP contribution in [0.25, 0.3) is 21.9 Å². The third kappa shape index (κ3) is 8.02. The highest BCUT2D eigenvalue weighted by Crippen LogP contribution is 2.32. The Bertz CT molecular complexity index is 1350.